The van der Waals surface area contributed by atoms with E-state index in [1.54, 1.807) is 24.3 Å². The highest BCUT2D eigenvalue weighted by Gasteiger charge is 2.36. The maximum absolute atomic E-state index is 13.0. The molecule has 1 fully saturated rings. The first-order chi connectivity index (χ1) is 16.7. The number of hydrogen-bond donors (Lipinski definition) is 1. The summed E-state index contributed by atoms with van der Waals surface area (Å²) in [6.45, 7) is -0.506. The van der Waals surface area contributed by atoms with Gasteiger partial charge in [-0.05, 0) is 48.2 Å². The van der Waals surface area contributed by atoms with Gasteiger partial charge in [0.1, 0.15) is 23.8 Å². The van der Waals surface area contributed by atoms with Gasteiger partial charge in [0.2, 0.25) is 5.91 Å². The minimum absolute atomic E-state index is 0.0185. The number of methoxy groups -OCH3 is 1. The van der Waals surface area contributed by atoms with E-state index >= 15 is 0 Å². The van der Waals surface area contributed by atoms with Crippen LogP contribution in [0, 0.1) is 0 Å². The van der Waals surface area contributed by atoms with Crippen LogP contribution in [0.3, 0.4) is 0 Å². The van der Waals surface area contributed by atoms with Crippen LogP contribution in [0.15, 0.2) is 70.0 Å². The molecule has 0 bridgehead atoms. The number of halogens is 3. The zero-order valence-corrected chi connectivity index (χ0v) is 18.9. The minimum atomic E-state index is -4.50. The van der Waals surface area contributed by atoms with Crippen LogP contribution in [0.25, 0.3) is 17.4 Å². The number of thioether (sulfide) groups is 1. The molecule has 1 aromatic heterocycles. The van der Waals surface area contributed by atoms with Gasteiger partial charge in [-0.2, -0.15) is 13.2 Å². The molecule has 1 aliphatic rings. The number of benzene rings is 2. The Labute approximate surface area is 201 Å². The number of anilines is 1. The Morgan fingerprint density at radius 3 is 2.63 bits per heavy atom. The Morgan fingerprint density at radius 2 is 1.89 bits per heavy atom. The number of nitrogens with zero attached hydrogens (tertiary/aromatic N) is 1. The summed E-state index contributed by atoms with van der Waals surface area (Å²) in [7, 11) is 1.44. The van der Waals surface area contributed by atoms with Crippen molar-refractivity contribution >= 4 is 40.6 Å². The molecule has 4 rings (SSSR count). The summed E-state index contributed by atoms with van der Waals surface area (Å²) in [5.41, 5.74) is -0.221. The van der Waals surface area contributed by atoms with E-state index in [9.17, 15) is 27.6 Å². The molecule has 2 aromatic carbocycles. The molecule has 35 heavy (non-hydrogen) atoms. The van der Waals surface area contributed by atoms with Gasteiger partial charge in [-0.3, -0.25) is 19.3 Å². The van der Waals surface area contributed by atoms with Gasteiger partial charge in [0, 0.05) is 11.6 Å². The van der Waals surface area contributed by atoms with Crippen LogP contribution in [0.5, 0.6) is 5.75 Å². The van der Waals surface area contributed by atoms with E-state index in [-0.39, 0.29) is 22.0 Å². The van der Waals surface area contributed by atoms with Crippen LogP contribution in [-0.2, 0) is 15.8 Å². The number of para-hydroxylation sites is 2. The highest BCUT2D eigenvalue weighted by molar-refractivity contribution is 8.18. The third-order valence-corrected chi connectivity index (χ3v) is 5.84. The predicted molar refractivity (Wildman–Crippen MR) is 123 cm³/mol. The molecule has 0 aliphatic carbocycles. The highest BCUT2D eigenvalue weighted by atomic mass is 32.2. The van der Waals surface area contributed by atoms with Gasteiger partial charge >= 0.3 is 6.18 Å². The van der Waals surface area contributed by atoms with Gasteiger partial charge in [0.15, 0.2) is 0 Å². The van der Waals surface area contributed by atoms with Crippen molar-refractivity contribution < 1.29 is 36.7 Å². The zero-order chi connectivity index (χ0) is 25.2. The number of imide groups is 1. The van der Waals surface area contributed by atoms with Gasteiger partial charge < -0.3 is 14.5 Å². The number of alkyl halides is 3. The molecule has 11 heteroatoms. The smallest absolute Gasteiger partial charge is 0.416 e. The van der Waals surface area contributed by atoms with E-state index in [1.807, 2.05) is 0 Å². The molecule has 7 nitrogen and oxygen atoms in total. The number of hydrogen-bond acceptors (Lipinski definition) is 6. The van der Waals surface area contributed by atoms with E-state index in [0.717, 1.165) is 17.0 Å². The molecule has 0 saturated carbocycles. The van der Waals surface area contributed by atoms with Crippen molar-refractivity contribution in [3.8, 4) is 17.1 Å². The molecule has 0 atom stereocenters. The maximum Gasteiger partial charge on any atom is 0.416 e. The molecule has 0 radical (unpaired) electrons. The molecule has 1 aliphatic heterocycles. The fourth-order valence-electron chi connectivity index (χ4n) is 3.28. The average molecular weight is 502 g/mol. The number of ether oxygens (including phenoxy) is 1. The number of rotatable bonds is 6. The third kappa shape index (κ3) is 5.40. The van der Waals surface area contributed by atoms with Crippen molar-refractivity contribution in [1.82, 2.24) is 4.90 Å². The lowest BCUT2D eigenvalue weighted by atomic mass is 10.1. The van der Waals surface area contributed by atoms with Crippen molar-refractivity contribution in [1.29, 1.82) is 0 Å². The molecule has 1 saturated heterocycles. The first-order valence-electron chi connectivity index (χ1n) is 10.1. The monoisotopic (exact) mass is 502 g/mol. The predicted octanol–water partition coefficient (Wildman–Crippen LogP) is 5.65. The summed E-state index contributed by atoms with van der Waals surface area (Å²) >= 11 is 0.629. The van der Waals surface area contributed by atoms with Crippen LogP contribution >= 0.6 is 11.8 Å². The summed E-state index contributed by atoms with van der Waals surface area (Å²) in [6, 6.07) is 14.3. The van der Waals surface area contributed by atoms with E-state index in [4.69, 9.17) is 9.15 Å². The minimum Gasteiger partial charge on any atom is -0.495 e. The lowest BCUT2D eigenvalue weighted by Crippen LogP contribution is -2.36. The fourth-order valence-corrected chi connectivity index (χ4v) is 4.10. The zero-order valence-electron chi connectivity index (χ0n) is 18.1. The molecule has 3 aromatic rings. The van der Waals surface area contributed by atoms with Gasteiger partial charge in [0.25, 0.3) is 11.1 Å². The molecule has 0 unspecified atom stereocenters. The normalized spacial score (nSPS) is 15.1. The first-order valence-corrected chi connectivity index (χ1v) is 10.9. The quantitative estimate of drug-likeness (QED) is 0.439. The summed E-state index contributed by atoms with van der Waals surface area (Å²) in [5, 5.41) is 1.96. The van der Waals surface area contributed by atoms with Crippen LogP contribution in [0.1, 0.15) is 11.3 Å². The van der Waals surface area contributed by atoms with Gasteiger partial charge in [-0.25, -0.2) is 0 Å². The van der Waals surface area contributed by atoms with Gasteiger partial charge in [0.05, 0.1) is 23.3 Å². The Bertz CT molecular complexity index is 1330. The lowest BCUT2D eigenvalue weighted by Gasteiger charge is -2.14. The summed E-state index contributed by atoms with van der Waals surface area (Å²) in [4.78, 5) is 38.3. The molecule has 2 heterocycles. The molecule has 0 spiro atoms. The second-order valence-electron chi connectivity index (χ2n) is 7.30. The second-order valence-corrected chi connectivity index (χ2v) is 8.29. The molecule has 1 N–H and O–H groups in total. The number of nitrogens with one attached hydrogen (secondary N) is 1. The van der Waals surface area contributed by atoms with Crippen LogP contribution in [-0.4, -0.2) is 35.6 Å². The summed E-state index contributed by atoms with van der Waals surface area (Å²) in [6.07, 6.45) is -3.19. The fraction of sp³-hybridized carbons (Fsp3) is 0.125. The Morgan fingerprint density at radius 1 is 1.11 bits per heavy atom. The van der Waals surface area contributed by atoms with Crippen molar-refractivity contribution in [2.75, 3.05) is 19.0 Å². The van der Waals surface area contributed by atoms with Crippen LogP contribution < -0.4 is 10.1 Å². The molecular weight excluding hydrogens is 485 g/mol. The summed E-state index contributed by atoms with van der Waals surface area (Å²) < 4.78 is 49.7. The standard InChI is InChI=1S/C24H17F3N2O5S/c1-33-19-8-3-2-7-17(19)28-21(30)13-29-22(31)20(35-23(29)32)12-16-9-10-18(34-16)14-5-4-6-15(11-14)24(25,26)27/h2-12H,13H2,1H3,(H,28,30)/b20-12+. The summed E-state index contributed by atoms with van der Waals surface area (Å²) in [5.74, 6) is -0.529. The van der Waals surface area contributed by atoms with Crippen molar-refractivity contribution in [3.05, 3.63) is 76.9 Å². The Hall–Kier alpha value is -3.99. The van der Waals surface area contributed by atoms with E-state index in [1.165, 1.54) is 37.5 Å². The van der Waals surface area contributed by atoms with Crippen LogP contribution in [0.4, 0.5) is 23.7 Å². The van der Waals surface area contributed by atoms with Crippen molar-refractivity contribution in [3.63, 3.8) is 0 Å². The lowest BCUT2D eigenvalue weighted by molar-refractivity contribution is -0.137. The number of carbonyl (C=O) groups excluding carboxylic acids is 3. The number of carbonyl (C=O) groups is 3. The van der Waals surface area contributed by atoms with Crippen molar-refractivity contribution in [2.24, 2.45) is 0 Å². The second kappa shape index (κ2) is 9.71. The topological polar surface area (TPSA) is 88.8 Å². The van der Waals surface area contributed by atoms with E-state index in [2.05, 4.69) is 5.32 Å². The molecule has 180 valence electrons. The number of furan rings is 1. The first kappa shape index (κ1) is 24.1. The van der Waals surface area contributed by atoms with Crippen molar-refractivity contribution in [2.45, 2.75) is 6.18 Å². The molecule has 3 amide bonds. The van der Waals surface area contributed by atoms with Crippen LogP contribution in [0.2, 0.25) is 0 Å². The van der Waals surface area contributed by atoms with E-state index < -0.39 is 35.3 Å². The third-order valence-electron chi connectivity index (χ3n) is 4.93. The van der Waals surface area contributed by atoms with E-state index in [0.29, 0.717) is 23.2 Å². The Kier molecular flexibility index (Phi) is 6.70. The number of amides is 3. The molecular formula is C24H17F3N2O5S. The van der Waals surface area contributed by atoms with Gasteiger partial charge in [-0.15, -0.1) is 0 Å². The highest BCUT2D eigenvalue weighted by Crippen LogP contribution is 2.35. The van der Waals surface area contributed by atoms with Gasteiger partial charge in [-0.1, -0.05) is 24.3 Å². The Balaban J connectivity index is 1.47. The largest absolute Gasteiger partial charge is 0.495 e. The SMILES string of the molecule is COc1ccccc1NC(=O)CN1C(=O)S/C(=C/c2ccc(-c3cccc(C(F)(F)F)c3)o2)C1=O. The maximum atomic E-state index is 13.0. The average Bonchev–Trinajstić information content (AvgIpc) is 3.39.